The van der Waals surface area contributed by atoms with E-state index in [9.17, 15) is 0 Å². The minimum Gasteiger partial charge on any atom is -0.383 e. The first-order chi connectivity index (χ1) is 9.50. The highest BCUT2D eigenvalue weighted by molar-refractivity contribution is 5.55. The van der Waals surface area contributed by atoms with Crippen molar-refractivity contribution >= 4 is 11.6 Å². The second-order valence-corrected chi connectivity index (χ2v) is 6.31. The van der Waals surface area contributed by atoms with Gasteiger partial charge in [0.15, 0.2) is 0 Å². The molecule has 0 aliphatic heterocycles. The lowest BCUT2D eigenvalue weighted by Crippen LogP contribution is -2.24. The molecule has 0 bridgehead atoms. The average molecular weight is 278 g/mol. The minimum atomic E-state index is 0.276. The molecule has 0 saturated carbocycles. The van der Waals surface area contributed by atoms with E-state index in [1.807, 2.05) is 0 Å². The van der Waals surface area contributed by atoms with Crippen molar-refractivity contribution in [2.75, 3.05) is 17.6 Å². The molecule has 114 valence electrons. The molecule has 20 heavy (non-hydrogen) atoms. The third kappa shape index (κ3) is 5.35. The van der Waals surface area contributed by atoms with Crippen LogP contribution in [0, 0.1) is 5.41 Å². The second kappa shape index (κ2) is 8.08. The van der Waals surface area contributed by atoms with Crippen molar-refractivity contribution in [3.8, 4) is 0 Å². The van der Waals surface area contributed by atoms with Gasteiger partial charge >= 0.3 is 0 Å². The SMILES string of the molecule is CCCCCC(C)(C)CNc1ncnc(N)c1CCC. The van der Waals surface area contributed by atoms with Crippen LogP contribution in [-0.4, -0.2) is 16.5 Å². The van der Waals surface area contributed by atoms with Gasteiger partial charge in [-0.25, -0.2) is 9.97 Å². The molecule has 0 aliphatic rings. The van der Waals surface area contributed by atoms with Crippen LogP contribution in [0.4, 0.5) is 11.6 Å². The molecule has 0 unspecified atom stereocenters. The van der Waals surface area contributed by atoms with Crippen LogP contribution in [0.25, 0.3) is 0 Å². The lowest BCUT2D eigenvalue weighted by atomic mass is 9.87. The van der Waals surface area contributed by atoms with Crippen molar-refractivity contribution in [2.45, 2.75) is 66.2 Å². The molecule has 0 radical (unpaired) electrons. The van der Waals surface area contributed by atoms with E-state index in [1.54, 1.807) is 6.33 Å². The highest BCUT2D eigenvalue weighted by Gasteiger charge is 2.18. The first-order valence-corrected chi connectivity index (χ1v) is 7.83. The van der Waals surface area contributed by atoms with E-state index >= 15 is 0 Å². The normalized spacial score (nSPS) is 11.6. The first kappa shape index (κ1) is 16.7. The van der Waals surface area contributed by atoms with Crippen molar-refractivity contribution in [3.05, 3.63) is 11.9 Å². The quantitative estimate of drug-likeness (QED) is 0.669. The first-order valence-electron chi connectivity index (χ1n) is 7.83. The summed E-state index contributed by atoms with van der Waals surface area (Å²) >= 11 is 0. The molecule has 0 spiro atoms. The van der Waals surface area contributed by atoms with Gasteiger partial charge in [-0.05, 0) is 18.3 Å². The molecule has 0 aromatic carbocycles. The molecular weight excluding hydrogens is 248 g/mol. The third-order valence-electron chi connectivity index (χ3n) is 3.67. The number of nitrogens with one attached hydrogen (secondary N) is 1. The maximum atomic E-state index is 5.95. The number of anilines is 2. The molecule has 0 saturated heterocycles. The molecule has 0 aliphatic carbocycles. The monoisotopic (exact) mass is 278 g/mol. The summed E-state index contributed by atoms with van der Waals surface area (Å²) in [6.07, 6.45) is 8.62. The molecule has 0 fully saturated rings. The van der Waals surface area contributed by atoms with Gasteiger partial charge in [-0.1, -0.05) is 53.4 Å². The van der Waals surface area contributed by atoms with Gasteiger partial charge in [-0.15, -0.1) is 0 Å². The average Bonchev–Trinajstić information content (AvgIpc) is 2.40. The molecule has 1 aromatic heterocycles. The third-order valence-corrected chi connectivity index (χ3v) is 3.67. The molecule has 1 heterocycles. The number of nitrogens with zero attached hydrogens (tertiary/aromatic N) is 2. The van der Waals surface area contributed by atoms with Crippen LogP contribution < -0.4 is 11.1 Å². The van der Waals surface area contributed by atoms with Crippen LogP contribution in [0.15, 0.2) is 6.33 Å². The predicted octanol–water partition coefficient (Wildman–Crippen LogP) is 4.03. The van der Waals surface area contributed by atoms with Crippen molar-refractivity contribution in [1.82, 2.24) is 9.97 Å². The smallest absolute Gasteiger partial charge is 0.134 e. The Hall–Kier alpha value is -1.32. The minimum absolute atomic E-state index is 0.276. The zero-order valence-electron chi connectivity index (χ0n) is 13.5. The Balaban J connectivity index is 2.62. The Morgan fingerprint density at radius 2 is 1.90 bits per heavy atom. The summed E-state index contributed by atoms with van der Waals surface area (Å²) in [5.74, 6) is 1.51. The van der Waals surface area contributed by atoms with E-state index in [-0.39, 0.29) is 5.41 Å². The van der Waals surface area contributed by atoms with Crippen LogP contribution in [0.1, 0.15) is 65.4 Å². The molecule has 3 N–H and O–H groups in total. The fourth-order valence-corrected chi connectivity index (χ4v) is 2.34. The molecule has 0 atom stereocenters. The van der Waals surface area contributed by atoms with Crippen LogP contribution in [0.2, 0.25) is 0 Å². The molecule has 0 amide bonds. The van der Waals surface area contributed by atoms with Gasteiger partial charge in [-0.3, -0.25) is 0 Å². The molecule has 1 aromatic rings. The van der Waals surface area contributed by atoms with Gasteiger partial charge in [0.2, 0.25) is 0 Å². The highest BCUT2D eigenvalue weighted by atomic mass is 15.0. The van der Waals surface area contributed by atoms with Gasteiger partial charge in [0, 0.05) is 12.1 Å². The summed E-state index contributed by atoms with van der Waals surface area (Å²) in [7, 11) is 0. The Labute approximate surface area is 123 Å². The van der Waals surface area contributed by atoms with E-state index in [0.717, 1.165) is 30.8 Å². The summed E-state index contributed by atoms with van der Waals surface area (Å²) in [5, 5.41) is 3.47. The standard InChI is InChI=1S/C16H30N4/c1-5-7-8-10-16(3,4)11-18-15-13(9-6-2)14(17)19-12-20-15/h12H,5-11H2,1-4H3,(H3,17,18,19,20). The predicted molar refractivity (Wildman–Crippen MR) is 86.9 cm³/mol. The number of rotatable bonds is 9. The zero-order valence-corrected chi connectivity index (χ0v) is 13.5. The van der Waals surface area contributed by atoms with Crippen molar-refractivity contribution in [1.29, 1.82) is 0 Å². The van der Waals surface area contributed by atoms with Crippen LogP contribution >= 0.6 is 0 Å². The lowest BCUT2D eigenvalue weighted by Gasteiger charge is -2.26. The summed E-state index contributed by atoms with van der Waals surface area (Å²) in [6, 6.07) is 0. The topological polar surface area (TPSA) is 63.8 Å². The number of hydrogen-bond acceptors (Lipinski definition) is 4. The Kier molecular flexibility index (Phi) is 6.76. The van der Waals surface area contributed by atoms with Crippen molar-refractivity contribution in [2.24, 2.45) is 5.41 Å². The van der Waals surface area contributed by atoms with Gasteiger partial charge < -0.3 is 11.1 Å². The van der Waals surface area contributed by atoms with E-state index < -0.39 is 0 Å². The second-order valence-electron chi connectivity index (χ2n) is 6.31. The summed E-state index contributed by atoms with van der Waals surface area (Å²) < 4.78 is 0. The fraction of sp³-hybridized carbons (Fsp3) is 0.750. The molecular formula is C16H30N4. The lowest BCUT2D eigenvalue weighted by molar-refractivity contribution is 0.342. The van der Waals surface area contributed by atoms with Crippen molar-refractivity contribution in [3.63, 3.8) is 0 Å². The van der Waals surface area contributed by atoms with Gasteiger partial charge in [0.05, 0.1) is 0 Å². The van der Waals surface area contributed by atoms with E-state index in [2.05, 4.69) is 43.0 Å². The van der Waals surface area contributed by atoms with Gasteiger partial charge in [0.25, 0.3) is 0 Å². The number of nitrogens with two attached hydrogens (primary N) is 1. The highest BCUT2D eigenvalue weighted by Crippen LogP contribution is 2.26. The summed E-state index contributed by atoms with van der Waals surface area (Å²) in [6.45, 7) is 9.92. The molecule has 4 heteroatoms. The van der Waals surface area contributed by atoms with Gasteiger partial charge in [0.1, 0.15) is 18.0 Å². The van der Waals surface area contributed by atoms with E-state index in [4.69, 9.17) is 5.73 Å². The maximum absolute atomic E-state index is 5.95. The van der Waals surface area contributed by atoms with Crippen LogP contribution in [0.3, 0.4) is 0 Å². The summed E-state index contributed by atoms with van der Waals surface area (Å²) in [4.78, 5) is 8.45. The van der Waals surface area contributed by atoms with Crippen LogP contribution in [-0.2, 0) is 6.42 Å². The Morgan fingerprint density at radius 1 is 1.15 bits per heavy atom. The number of nitrogen functional groups attached to an aromatic ring is 1. The Morgan fingerprint density at radius 3 is 2.55 bits per heavy atom. The summed E-state index contributed by atoms with van der Waals surface area (Å²) in [5.41, 5.74) is 7.29. The Bertz CT molecular complexity index is 401. The number of aromatic nitrogens is 2. The fourth-order valence-electron chi connectivity index (χ4n) is 2.34. The van der Waals surface area contributed by atoms with E-state index in [1.165, 1.54) is 25.7 Å². The van der Waals surface area contributed by atoms with Crippen molar-refractivity contribution < 1.29 is 0 Å². The largest absolute Gasteiger partial charge is 0.383 e. The molecule has 1 rings (SSSR count). The number of unbranched alkanes of at least 4 members (excludes halogenated alkanes) is 2. The van der Waals surface area contributed by atoms with Gasteiger partial charge in [-0.2, -0.15) is 0 Å². The molecule has 4 nitrogen and oxygen atoms in total. The van der Waals surface area contributed by atoms with Crippen LogP contribution in [0.5, 0.6) is 0 Å². The van der Waals surface area contributed by atoms with E-state index in [0.29, 0.717) is 5.82 Å². The zero-order chi connectivity index (χ0) is 15.0. The number of hydrogen-bond donors (Lipinski definition) is 2. The maximum Gasteiger partial charge on any atom is 0.134 e.